The van der Waals surface area contributed by atoms with Gasteiger partial charge in [0.1, 0.15) is 5.75 Å². The van der Waals surface area contributed by atoms with Crippen molar-refractivity contribution in [3.63, 3.8) is 0 Å². The Labute approximate surface area is 103 Å². The van der Waals surface area contributed by atoms with E-state index in [2.05, 4.69) is 17.9 Å². The topological polar surface area (TPSA) is 49.5 Å². The highest BCUT2D eigenvalue weighted by Crippen LogP contribution is 2.21. The number of hydrogen-bond donors (Lipinski definition) is 2. The van der Waals surface area contributed by atoms with Gasteiger partial charge in [-0.15, -0.1) is 0 Å². The Morgan fingerprint density at radius 1 is 1.47 bits per heavy atom. The molecule has 1 heterocycles. The first-order chi connectivity index (χ1) is 8.19. The number of phenols is 1. The summed E-state index contributed by atoms with van der Waals surface area (Å²) in [6, 6.07) is 7.88. The Kier molecular flexibility index (Phi) is 4.02. The maximum Gasteiger partial charge on any atom is 0.115 e. The molecule has 0 saturated carbocycles. The molecule has 1 aliphatic rings. The highest BCUT2D eigenvalue weighted by Gasteiger charge is 2.24. The number of hydrogen-bond acceptors (Lipinski definition) is 3. The Morgan fingerprint density at radius 2 is 2.29 bits per heavy atom. The van der Waals surface area contributed by atoms with Crippen molar-refractivity contribution in [1.82, 2.24) is 4.90 Å². The molecule has 1 aromatic carbocycles. The van der Waals surface area contributed by atoms with Gasteiger partial charge in [-0.1, -0.05) is 25.5 Å². The molecule has 0 amide bonds. The van der Waals surface area contributed by atoms with Crippen molar-refractivity contribution in [2.24, 2.45) is 11.7 Å². The predicted molar refractivity (Wildman–Crippen MR) is 69.8 cm³/mol. The van der Waals surface area contributed by atoms with Crippen molar-refractivity contribution < 1.29 is 5.11 Å². The second kappa shape index (κ2) is 5.52. The number of likely N-dealkylation sites (tertiary alicyclic amines) is 1. The molecular formula is C14H22N2O. The largest absolute Gasteiger partial charge is 0.508 e. The number of phenolic OH excluding ortho intramolecular Hbond substituents is 1. The van der Waals surface area contributed by atoms with Crippen molar-refractivity contribution in [2.75, 3.05) is 13.1 Å². The molecule has 1 aliphatic heterocycles. The predicted octanol–water partition coefficient (Wildman–Crippen LogP) is 1.95. The van der Waals surface area contributed by atoms with Gasteiger partial charge in [-0.3, -0.25) is 4.90 Å². The average Bonchev–Trinajstić information content (AvgIpc) is 2.32. The standard InChI is InChI=1S/C14H22N2O/c1-2-12-10-16(7-6-14(12)15)9-11-4-3-5-13(17)8-11/h3-5,8,12,14,17H,2,6-7,9-10,15H2,1H3. The van der Waals surface area contributed by atoms with Crippen LogP contribution in [0.1, 0.15) is 25.3 Å². The maximum atomic E-state index is 9.44. The minimum atomic E-state index is 0.350. The Hall–Kier alpha value is -1.06. The van der Waals surface area contributed by atoms with Crippen LogP contribution in [0.25, 0.3) is 0 Å². The van der Waals surface area contributed by atoms with E-state index >= 15 is 0 Å². The highest BCUT2D eigenvalue weighted by molar-refractivity contribution is 5.27. The van der Waals surface area contributed by atoms with Crippen LogP contribution in [0, 0.1) is 5.92 Å². The zero-order valence-electron chi connectivity index (χ0n) is 10.5. The number of aromatic hydroxyl groups is 1. The van der Waals surface area contributed by atoms with Crippen molar-refractivity contribution in [2.45, 2.75) is 32.4 Å². The summed E-state index contributed by atoms with van der Waals surface area (Å²) >= 11 is 0. The van der Waals surface area contributed by atoms with Gasteiger partial charge in [0.15, 0.2) is 0 Å². The molecule has 0 spiro atoms. The van der Waals surface area contributed by atoms with E-state index in [0.29, 0.717) is 17.7 Å². The third-order valence-corrected chi connectivity index (χ3v) is 3.72. The highest BCUT2D eigenvalue weighted by atomic mass is 16.3. The lowest BCUT2D eigenvalue weighted by atomic mass is 9.90. The molecule has 3 heteroatoms. The zero-order chi connectivity index (χ0) is 12.3. The third kappa shape index (κ3) is 3.20. The average molecular weight is 234 g/mol. The summed E-state index contributed by atoms with van der Waals surface area (Å²) in [5, 5.41) is 9.44. The number of benzene rings is 1. The van der Waals surface area contributed by atoms with E-state index in [9.17, 15) is 5.11 Å². The molecule has 2 atom stereocenters. The number of rotatable bonds is 3. The first-order valence-electron chi connectivity index (χ1n) is 6.45. The normalized spacial score (nSPS) is 26.0. The van der Waals surface area contributed by atoms with Gasteiger partial charge >= 0.3 is 0 Å². The van der Waals surface area contributed by atoms with Crippen LogP contribution in [0.15, 0.2) is 24.3 Å². The van der Waals surface area contributed by atoms with Crippen molar-refractivity contribution in [3.05, 3.63) is 29.8 Å². The Bertz CT molecular complexity index is 367. The summed E-state index contributed by atoms with van der Waals surface area (Å²) in [6.07, 6.45) is 2.23. The monoisotopic (exact) mass is 234 g/mol. The summed E-state index contributed by atoms with van der Waals surface area (Å²) in [5.74, 6) is 0.962. The summed E-state index contributed by atoms with van der Waals surface area (Å²) in [4.78, 5) is 2.44. The molecule has 17 heavy (non-hydrogen) atoms. The summed E-state index contributed by atoms with van der Waals surface area (Å²) in [6.45, 7) is 5.26. The van der Waals surface area contributed by atoms with Crippen molar-refractivity contribution in [1.29, 1.82) is 0 Å². The molecule has 0 bridgehead atoms. The molecule has 1 fully saturated rings. The number of nitrogens with two attached hydrogens (primary N) is 1. The van der Waals surface area contributed by atoms with Gasteiger partial charge < -0.3 is 10.8 Å². The van der Waals surface area contributed by atoms with Gasteiger partial charge in [0.25, 0.3) is 0 Å². The van der Waals surface area contributed by atoms with Gasteiger partial charge in [0, 0.05) is 19.1 Å². The lowest BCUT2D eigenvalue weighted by Crippen LogP contribution is -2.46. The summed E-state index contributed by atoms with van der Waals surface area (Å²) < 4.78 is 0. The summed E-state index contributed by atoms with van der Waals surface area (Å²) in [7, 11) is 0. The number of nitrogens with zero attached hydrogens (tertiary/aromatic N) is 1. The molecule has 3 N–H and O–H groups in total. The molecule has 0 radical (unpaired) electrons. The van der Waals surface area contributed by atoms with E-state index in [0.717, 1.165) is 32.5 Å². The van der Waals surface area contributed by atoms with Crippen LogP contribution >= 0.6 is 0 Å². The van der Waals surface area contributed by atoms with Gasteiger partial charge in [-0.05, 0) is 36.6 Å². The molecule has 3 nitrogen and oxygen atoms in total. The Balaban J connectivity index is 1.95. The fourth-order valence-electron chi connectivity index (χ4n) is 2.61. The third-order valence-electron chi connectivity index (χ3n) is 3.72. The first kappa shape index (κ1) is 12.4. The van der Waals surface area contributed by atoms with E-state index in [1.165, 1.54) is 5.56 Å². The fourth-order valence-corrected chi connectivity index (χ4v) is 2.61. The molecular weight excluding hydrogens is 212 g/mol. The second-order valence-corrected chi connectivity index (χ2v) is 5.03. The number of piperidine rings is 1. The molecule has 2 unspecified atom stereocenters. The molecule has 94 valence electrons. The smallest absolute Gasteiger partial charge is 0.115 e. The Morgan fingerprint density at radius 3 is 3.00 bits per heavy atom. The SMILES string of the molecule is CCC1CN(Cc2cccc(O)c2)CCC1N. The van der Waals surface area contributed by atoms with Crippen molar-refractivity contribution in [3.8, 4) is 5.75 Å². The van der Waals surface area contributed by atoms with Crippen LogP contribution in [-0.2, 0) is 6.54 Å². The lowest BCUT2D eigenvalue weighted by molar-refractivity contribution is 0.145. The second-order valence-electron chi connectivity index (χ2n) is 5.03. The molecule has 0 aromatic heterocycles. The summed E-state index contributed by atoms with van der Waals surface area (Å²) in [5.41, 5.74) is 7.28. The molecule has 1 aromatic rings. The van der Waals surface area contributed by atoms with Crippen LogP contribution in [0.2, 0.25) is 0 Å². The maximum absolute atomic E-state index is 9.44. The van der Waals surface area contributed by atoms with Crippen LogP contribution in [-0.4, -0.2) is 29.1 Å². The van der Waals surface area contributed by atoms with Crippen molar-refractivity contribution >= 4 is 0 Å². The van der Waals surface area contributed by atoms with E-state index in [-0.39, 0.29) is 0 Å². The van der Waals surface area contributed by atoms with Gasteiger partial charge in [0.2, 0.25) is 0 Å². The minimum Gasteiger partial charge on any atom is -0.508 e. The van der Waals surface area contributed by atoms with E-state index in [4.69, 9.17) is 5.73 Å². The van der Waals surface area contributed by atoms with E-state index in [1.54, 1.807) is 6.07 Å². The van der Waals surface area contributed by atoms with Crippen LogP contribution in [0.4, 0.5) is 0 Å². The molecule has 2 rings (SSSR count). The van der Waals surface area contributed by atoms with Crippen LogP contribution < -0.4 is 5.73 Å². The van der Waals surface area contributed by atoms with E-state index < -0.39 is 0 Å². The first-order valence-corrected chi connectivity index (χ1v) is 6.45. The quantitative estimate of drug-likeness (QED) is 0.840. The van der Waals surface area contributed by atoms with Gasteiger partial charge in [-0.2, -0.15) is 0 Å². The fraction of sp³-hybridized carbons (Fsp3) is 0.571. The van der Waals surface area contributed by atoms with Gasteiger partial charge in [-0.25, -0.2) is 0 Å². The minimum absolute atomic E-state index is 0.350. The zero-order valence-corrected chi connectivity index (χ0v) is 10.5. The van der Waals surface area contributed by atoms with E-state index in [1.807, 2.05) is 12.1 Å². The van der Waals surface area contributed by atoms with Crippen LogP contribution in [0.5, 0.6) is 5.75 Å². The van der Waals surface area contributed by atoms with Crippen LogP contribution in [0.3, 0.4) is 0 Å². The van der Waals surface area contributed by atoms with Gasteiger partial charge in [0.05, 0.1) is 0 Å². The molecule has 0 aliphatic carbocycles. The molecule has 1 saturated heterocycles. The lowest BCUT2D eigenvalue weighted by Gasteiger charge is -2.36.